The third kappa shape index (κ3) is 5.32. The third-order valence-corrected chi connectivity index (χ3v) is 5.64. The molecule has 1 fully saturated rings. The van der Waals surface area contributed by atoms with Crippen molar-refractivity contribution in [2.45, 2.75) is 39.5 Å². The average Bonchev–Trinajstić information content (AvgIpc) is 3.16. The molecule has 6 nitrogen and oxygen atoms in total. The van der Waals surface area contributed by atoms with Gasteiger partial charge in [-0.2, -0.15) is 0 Å². The van der Waals surface area contributed by atoms with E-state index in [4.69, 9.17) is 0 Å². The van der Waals surface area contributed by atoms with Crippen molar-refractivity contribution in [1.82, 2.24) is 9.80 Å². The quantitative estimate of drug-likeness (QED) is 0.655. The molecule has 1 heterocycles. The van der Waals surface area contributed by atoms with Crippen LogP contribution in [0.2, 0.25) is 0 Å². The lowest BCUT2D eigenvalue weighted by Crippen LogP contribution is -2.44. The van der Waals surface area contributed by atoms with Gasteiger partial charge < -0.3 is 9.80 Å². The van der Waals surface area contributed by atoms with Crippen molar-refractivity contribution in [2.75, 3.05) is 31.2 Å². The van der Waals surface area contributed by atoms with Gasteiger partial charge in [0.05, 0.1) is 12.5 Å². The van der Waals surface area contributed by atoms with Gasteiger partial charge in [-0.3, -0.25) is 19.3 Å². The molecular formula is C25H31N3O3. The molecule has 0 unspecified atom stereocenters. The Kier molecular flexibility index (Phi) is 7.45. The zero-order valence-corrected chi connectivity index (χ0v) is 18.6. The topological polar surface area (TPSA) is 60.9 Å². The minimum atomic E-state index is -0.274. The van der Waals surface area contributed by atoms with E-state index >= 15 is 0 Å². The Morgan fingerprint density at radius 2 is 1.81 bits per heavy atom. The summed E-state index contributed by atoms with van der Waals surface area (Å²) in [7, 11) is 0. The molecule has 31 heavy (non-hydrogen) atoms. The fourth-order valence-corrected chi connectivity index (χ4v) is 4.00. The Balaban J connectivity index is 1.70. The second kappa shape index (κ2) is 10.2. The van der Waals surface area contributed by atoms with E-state index in [2.05, 4.69) is 0 Å². The van der Waals surface area contributed by atoms with Crippen LogP contribution in [0.1, 0.15) is 43.7 Å². The minimum absolute atomic E-state index is 0.00898. The van der Waals surface area contributed by atoms with E-state index in [9.17, 15) is 14.4 Å². The highest BCUT2D eigenvalue weighted by Crippen LogP contribution is 2.23. The highest BCUT2D eigenvalue weighted by molar-refractivity contribution is 6.00. The van der Waals surface area contributed by atoms with Crippen LogP contribution in [0.25, 0.3) is 0 Å². The van der Waals surface area contributed by atoms with Gasteiger partial charge in [0, 0.05) is 12.2 Å². The molecule has 164 valence electrons. The second-order valence-corrected chi connectivity index (χ2v) is 8.03. The lowest BCUT2D eigenvalue weighted by molar-refractivity contribution is -0.141. The Hall–Kier alpha value is -3.15. The highest BCUT2D eigenvalue weighted by Gasteiger charge is 2.34. The van der Waals surface area contributed by atoms with Crippen molar-refractivity contribution in [1.29, 1.82) is 0 Å². The van der Waals surface area contributed by atoms with Gasteiger partial charge in [-0.05, 0) is 43.0 Å². The monoisotopic (exact) mass is 421 g/mol. The average molecular weight is 422 g/mol. The van der Waals surface area contributed by atoms with E-state index < -0.39 is 0 Å². The number of aryl methyl sites for hydroxylation is 1. The largest absolute Gasteiger partial charge is 0.333 e. The summed E-state index contributed by atoms with van der Waals surface area (Å²) in [6, 6.07) is 17.4. The van der Waals surface area contributed by atoms with Crippen LogP contribution >= 0.6 is 0 Å². The zero-order valence-electron chi connectivity index (χ0n) is 18.6. The van der Waals surface area contributed by atoms with Crippen molar-refractivity contribution in [2.24, 2.45) is 0 Å². The van der Waals surface area contributed by atoms with Crippen LogP contribution in [-0.2, 0) is 14.4 Å². The first-order valence-corrected chi connectivity index (χ1v) is 10.9. The Labute approximate surface area is 184 Å². The van der Waals surface area contributed by atoms with E-state index in [-0.39, 0.29) is 43.4 Å². The van der Waals surface area contributed by atoms with Crippen LogP contribution < -0.4 is 4.90 Å². The fourth-order valence-electron chi connectivity index (χ4n) is 4.00. The highest BCUT2D eigenvalue weighted by atomic mass is 16.2. The second-order valence-electron chi connectivity index (χ2n) is 8.03. The smallest absolute Gasteiger partial charge is 0.248 e. The summed E-state index contributed by atoms with van der Waals surface area (Å²) in [5, 5.41) is 0. The van der Waals surface area contributed by atoms with Crippen LogP contribution in [0.5, 0.6) is 0 Å². The van der Waals surface area contributed by atoms with Gasteiger partial charge in [0.25, 0.3) is 0 Å². The lowest BCUT2D eigenvalue weighted by Gasteiger charge is -2.28. The molecule has 0 saturated carbocycles. The van der Waals surface area contributed by atoms with Gasteiger partial charge in [0.1, 0.15) is 13.2 Å². The zero-order chi connectivity index (χ0) is 22.4. The molecule has 0 bridgehead atoms. The van der Waals surface area contributed by atoms with E-state index in [1.54, 1.807) is 9.80 Å². The van der Waals surface area contributed by atoms with Gasteiger partial charge in [-0.15, -0.1) is 0 Å². The summed E-state index contributed by atoms with van der Waals surface area (Å²) >= 11 is 0. The third-order valence-electron chi connectivity index (χ3n) is 5.64. The maximum absolute atomic E-state index is 13.3. The number of carbonyl (C=O) groups is 3. The minimum Gasteiger partial charge on any atom is -0.333 e. The summed E-state index contributed by atoms with van der Waals surface area (Å²) in [6.07, 6.45) is 1.43. The molecule has 3 rings (SSSR count). The standard InChI is InChI=1S/C25H31N3O3/c1-4-14-26(25(31)22(5-2)20-11-7-6-8-12-20)16-23(29)27-17-24(30)28(18-27)21-13-9-10-19(3)15-21/h6-13,15,22H,4-5,14,16-18H2,1-3H3/t22-/m1/s1. The summed E-state index contributed by atoms with van der Waals surface area (Å²) in [5.41, 5.74) is 2.81. The predicted molar refractivity (Wildman–Crippen MR) is 122 cm³/mol. The molecule has 0 aliphatic carbocycles. The molecule has 3 amide bonds. The molecule has 0 N–H and O–H groups in total. The summed E-state index contributed by atoms with van der Waals surface area (Å²) < 4.78 is 0. The number of hydrogen-bond donors (Lipinski definition) is 0. The van der Waals surface area contributed by atoms with Crippen molar-refractivity contribution < 1.29 is 14.4 Å². The summed E-state index contributed by atoms with van der Waals surface area (Å²) in [4.78, 5) is 43.6. The number of hydrogen-bond acceptors (Lipinski definition) is 3. The maximum atomic E-state index is 13.3. The summed E-state index contributed by atoms with van der Waals surface area (Å²) in [5.74, 6) is -0.620. The van der Waals surface area contributed by atoms with Crippen LogP contribution in [0.3, 0.4) is 0 Å². The molecule has 2 aromatic rings. The number of benzene rings is 2. The van der Waals surface area contributed by atoms with Crippen molar-refractivity contribution >= 4 is 23.4 Å². The van der Waals surface area contributed by atoms with E-state index in [1.807, 2.05) is 75.4 Å². The van der Waals surface area contributed by atoms with Gasteiger partial charge in [0.15, 0.2) is 0 Å². The van der Waals surface area contributed by atoms with Crippen molar-refractivity contribution in [3.63, 3.8) is 0 Å². The molecule has 0 spiro atoms. The fraction of sp³-hybridized carbons (Fsp3) is 0.400. The Morgan fingerprint density at radius 3 is 2.45 bits per heavy atom. The first-order chi connectivity index (χ1) is 14.9. The maximum Gasteiger partial charge on any atom is 0.248 e. The summed E-state index contributed by atoms with van der Waals surface area (Å²) in [6.45, 7) is 6.70. The Morgan fingerprint density at radius 1 is 1.06 bits per heavy atom. The molecular weight excluding hydrogens is 390 g/mol. The molecule has 6 heteroatoms. The van der Waals surface area contributed by atoms with E-state index in [1.165, 1.54) is 4.90 Å². The van der Waals surface area contributed by atoms with E-state index in [0.29, 0.717) is 13.0 Å². The van der Waals surface area contributed by atoms with E-state index in [0.717, 1.165) is 23.2 Å². The van der Waals surface area contributed by atoms with Crippen molar-refractivity contribution in [3.8, 4) is 0 Å². The van der Waals surface area contributed by atoms with Crippen LogP contribution in [0, 0.1) is 6.92 Å². The molecule has 0 aromatic heterocycles. The molecule has 1 saturated heterocycles. The molecule has 1 aliphatic rings. The molecule has 1 atom stereocenters. The van der Waals surface area contributed by atoms with Gasteiger partial charge in [0.2, 0.25) is 17.7 Å². The first kappa shape index (κ1) is 22.5. The number of rotatable bonds is 8. The van der Waals surface area contributed by atoms with Crippen LogP contribution in [0.4, 0.5) is 5.69 Å². The molecule has 1 aliphatic heterocycles. The first-order valence-electron chi connectivity index (χ1n) is 10.9. The number of nitrogens with zero attached hydrogens (tertiary/aromatic N) is 3. The number of carbonyl (C=O) groups excluding carboxylic acids is 3. The van der Waals surface area contributed by atoms with Gasteiger partial charge in [-0.25, -0.2) is 0 Å². The molecule has 0 radical (unpaired) electrons. The van der Waals surface area contributed by atoms with Crippen molar-refractivity contribution in [3.05, 3.63) is 65.7 Å². The van der Waals surface area contributed by atoms with Crippen LogP contribution in [-0.4, -0.2) is 53.8 Å². The number of anilines is 1. The molecule has 2 aromatic carbocycles. The van der Waals surface area contributed by atoms with Crippen LogP contribution in [0.15, 0.2) is 54.6 Å². The van der Waals surface area contributed by atoms with Gasteiger partial charge in [-0.1, -0.05) is 56.3 Å². The van der Waals surface area contributed by atoms with Gasteiger partial charge >= 0.3 is 0 Å². The lowest BCUT2D eigenvalue weighted by atomic mass is 9.95. The Bertz CT molecular complexity index is 929. The predicted octanol–water partition coefficient (Wildman–Crippen LogP) is 3.56. The normalized spacial score (nSPS) is 14.6. The SMILES string of the molecule is CCCN(CC(=O)N1CC(=O)N(c2cccc(C)c2)C1)C(=O)[C@H](CC)c1ccccc1. The number of amides is 3.